The lowest BCUT2D eigenvalue weighted by atomic mass is 9.99. The van der Waals surface area contributed by atoms with Gasteiger partial charge in [0.05, 0.1) is 5.69 Å². The van der Waals surface area contributed by atoms with Crippen molar-refractivity contribution in [3.63, 3.8) is 0 Å². The molecule has 1 aromatic heterocycles. The summed E-state index contributed by atoms with van der Waals surface area (Å²) >= 11 is 0. The number of carbonyl (C=O) groups is 2. The van der Waals surface area contributed by atoms with E-state index in [1.54, 1.807) is 18.2 Å². The van der Waals surface area contributed by atoms with Crippen molar-refractivity contribution in [1.82, 2.24) is 4.98 Å². The van der Waals surface area contributed by atoms with Crippen LogP contribution in [0.1, 0.15) is 25.0 Å². The summed E-state index contributed by atoms with van der Waals surface area (Å²) in [6, 6.07) is 5.02. The highest BCUT2D eigenvalue weighted by Gasteiger charge is 2.22. The smallest absolute Gasteiger partial charge is 0.313 e. The zero-order chi connectivity index (χ0) is 10.6. The molecular weight excluding hydrogens is 182 g/mol. The molecule has 0 spiro atoms. The van der Waals surface area contributed by atoms with Crippen molar-refractivity contribution in [2.24, 2.45) is 0 Å². The maximum absolute atomic E-state index is 10.8. The topological polar surface area (TPSA) is 67.3 Å². The van der Waals surface area contributed by atoms with Gasteiger partial charge in [-0.25, -0.2) is 0 Å². The summed E-state index contributed by atoms with van der Waals surface area (Å²) in [5.41, 5.74) is 0.426. The van der Waals surface area contributed by atoms with Gasteiger partial charge >= 0.3 is 5.97 Å². The molecule has 1 atom stereocenters. The third-order valence-corrected chi connectivity index (χ3v) is 1.83. The fourth-order valence-corrected chi connectivity index (χ4v) is 1.19. The lowest BCUT2D eigenvalue weighted by Crippen LogP contribution is -2.15. The molecule has 0 saturated carbocycles. The van der Waals surface area contributed by atoms with Crippen LogP contribution in [-0.2, 0) is 9.59 Å². The maximum Gasteiger partial charge on any atom is 0.313 e. The van der Waals surface area contributed by atoms with Crippen molar-refractivity contribution in [1.29, 1.82) is 0 Å². The Labute approximate surface area is 81.6 Å². The molecule has 74 valence electrons. The van der Waals surface area contributed by atoms with Crippen LogP contribution < -0.4 is 0 Å². The molecule has 0 aliphatic carbocycles. The van der Waals surface area contributed by atoms with E-state index in [0.717, 1.165) is 0 Å². The first kappa shape index (κ1) is 10.4. The molecule has 0 amide bonds. The van der Waals surface area contributed by atoms with Gasteiger partial charge in [0.15, 0.2) is 0 Å². The van der Waals surface area contributed by atoms with Crippen molar-refractivity contribution in [2.75, 3.05) is 0 Å². The molecule has 4 nitrogen and oxygen atoms in total. The SMILES string of the molecule is CC(=O)CC(C(=O)O)c1ccccn1. The summed E-state index contributed by atoms with van der Waals surface area (Å²) in [5, 5.41) is 8.88. The van der Waals surface area contributed by atoms with E-state index >= 15 is 0 Å². The number of aliphatic carboxylic acids is 1. The number of aromatic nitrogens is 1. The van der Waals surface area contributed by atoms with E-state index in [2.05, 4.69) is 4.98 Å². The third kappa shape index (κ3) is 2.65. The van der Waals surface area contributed by atoms with Gasteiger partial charge in [-0.05, 0) is 19.1 Å². The third-order valence-electron chi connectivity index (χ3n) is 1.83. The quantitative estimate of drug-likeness (QED) is 0.780. The average Bonchev–Trinajstić information content (AvgIpc) is 2.15. The van der Waals surface area contributed by atoms with Gasteiger partial charge in [-0.3, -0.25) is 14.6 Å². The minimum absolute atomic E-state index is 0.00759. The van der Waals surface area contributed by atoms with Crippen molar-refractivity contribution < 1.29 is 14.7 Å². The summed E-state index contributed by atoms with van der Waals surface area (Å²) in [4.78, 5) is 25.6. The van der Waals surface area contributed by atoms with E-state index in [1.807, 2.05) is 0 Å². The second-order valence-corrected chi connectivity index (χ2v) is 3.05. The van der Waals surface area contributed by atoms with Crippen molar-refractivity contribution in [3.05, 3.63) is 30.1 Å². The number of nitrogens with zero attached hydrogens (tertiary/aromatic N) is 1. The number of rotatable bonds is 4. The molecule has 14 heavy (non-hydrogen) atoms. The standard InChI is InChI=1S/C10H11NO3/c1-7(12)6-8(10(13)14)9-4-2-3-5-11-9/h2-5,8H,6H2,1H3,(H,13,14). The Morgan fingerprint density at radius 2 is 2.21 bits per heavy atom. The van der Waals surface area contributed by atoms with Crippen LogP contribution in [-0.4, -0.2) is 21.8 Å². The van der Waals surface area contributed by atoms with E-state index in [9.17, 15) is 9.59 Å². The Kier molecular flexibility index (Phi) is 3.34. The van der Waals surface area contributed by atoms with Crippen LogP contribution in [0.25, 0.3) is 0 Å². The van der Waals surface area contributed by atoms with E-state index in [4.69, 9.17) is 5.11 Å². The summed E-state index contributed by atoms with van der Waals surface area (Å²) in [5.74, 6) is -1.99. The minimum atomic E-state index is -1.01. The molecule has 1 rings (SSSR count). The van der Waals surface area contributed by atoms with Gasteiger partial charge in [-0.1, -0.05) is 6.07 Å². The highest BCUT2D eigenvalue weighted by molar-refractivity contribution is 5.85. The highest BCUT2D eigenvalue weighted by Crippen LogP contribution is 2.17. The molecule has 1 aromatic rings. The van der Waals surface area contributed by atoms with Crippen molar-refractivity contribution in [2.45, 2.75) is 19.3 Å². The van der Waals surface area contributed by atoms with E-state index < -0.39 is 11.9 Å². The minimum Gasteiger partial charge on any atom is -0.481 e. The van der Waals surface area contributed by atoms with Crippen LogP contribution in [0.3, 0.4) is 0 Å². The van der Waals surface area contributed by atoms with Gasteiger partial charge in [0.2, 0.25) is 0 Å². The number of hydrogen-bond acceptors (Lipinski definition) is 3. The second kappa shape index (κ2) is 4.50. The van der Waals surface area contributed by atoms with Gasteiger partial charge in [0.25, 0.3) is 0 Å². The van der Waals surface area contributed by atoms with Crippen LogP contribution in [0, 0.1) is 0 Å². The molecule has 0 aliphatic rings. The molecule has 0 saturated heterocycles. The number of Topliss-reactive ketones (excluding diaryl/α,β-unsaturated/α-hetero) is 1. The molecule has 1 heterocycles. The summed E-state index contributed by atoms with van der Waals surface area (Å²) in [6.07, 6.45) is 1.51. The van der Waals surface area contributed by atoms with Gasteiger partial charge in [-0.2, -0.15) is 0 Å². The van der Waals surface area contributed by atoms with Gasteiger partial charge in [-0.15, -0.1) is 0 Å². The van der Waals surface area contributed by atoms with Crippen LogP contribution >= 0.6 is 0 Å². The zero-order valence-corrected chi connectivity index (χ0v) is 7.80. The molecule has 0 bridgehead atoms. The van der Waals surface area contributed by atoms with Gasteiger partial charge < -0.3 is 5.11 Å². The lowest BCUT2D eigenvalue weighted by Gasteiger charge is -2.08. The summed E-state index contributed by atoms with van der Waals surface area (Å²) in [7, 11) is 0. The van der Waals surface area contributed by atoms with E-state index in [0.29, 0.717) is 5.69 Å². The normalized spacial score (nSPS) is 12.1. The van der Waals surface area contributed by atoms with Crippen LogP contribution in [0.15, 0.2) is 24.4 Å². The Morgan fingerprint density at radius 3 is 2.64 bits per heavy atom. The molecular formula is C10H11NO3. The molecule has 0 fully saturated rings. The molecule has 1 N–H and O–H groups in total. The van der Waals surface area contributed by atoms with Crippen LogP contribution in [0.4, 0.5) is 0 Å². The second-order valence-electron chi connectivity index (χ2n) is 3.05. The first-order chi connectivity index (χ1) is 6.61. The van der Waals surface area contributed by atoms with Crippen LogP contribution in [0.2, 0.25) is 0 Å². The predicted octanol–water partition coefficient (Wildman–Crippen LogP) is 1.23. The molecule has 4 heteroatoms. The van der Waals surface area contributed by atoms with Crippen molar-refractivity contribution in [3.8, 4) is 0 Å². The average molecular weight is 193 g/mol. The summed E-state index contributed by atoms with van der Waals surface area (Å²) < 4.78 is 0. The molecule has 1 unspecified atom stereocenters. The Morgan fingerprint density at radius 1 is 1.50 bits per heavy atom. The predicted molar refractivity (Wildman–Crippen MR) is 49.9 cm³/mol. The number of carboxylic acids is 1. The maximum atomic E-state index is 10.8. The number of carbonyl (C=O) groups excluding carboxylic acids is 1. The van der Waals surface area contributed by atoms with Crippen molar-refractivity contribution >= 4 is 11.8 Å². The monoisotopic (exact) mass is 193 g/mol. The van der Waals surface area contributed by atoms with E-state index in [-0.39, 0.29) is 12.2 Å². The largest absolute Gasteiger partial charge is 0.481 e. The van der Waals surface area contributed by atoms with Crippen LogP contribution in [0.5, 0.6) is 0 Å². The Balaban J connectivity index is 2.89. The number of ketones is 1. The highest BCUT2D eigenvalue weighted by atomic mass is 16.4. The summed E-state index contributed by atoms with van der Waals surface area (Å²) in [6.45, 7) is 1.37. The number of carboxylic acid groups (broad SMARTS) is 1. The van der Waals surface area contributed by atoms with Gasteiger partial charge in [0, 0.05) is 12.6 Å². The fourth-order valence-electron chi connectivity index (χ4n) is 1.19. The fraction of sp³-hybridized carbons (Fsp3) is 0.300. The first-order valence-corrected chi connectivity index (χ1v) is 4.24. The Hall–Kier alpha value is -1.71. The van der Waals surface area contributed by atoms with Gasteiger partial charge in [0.1, 0.15) is 11.7 Å². The van der Waals surface area contributed by atoms with E-state index in [1.165, 1.54) is 13.1 Å². The molecule has 0 radical (unpaired) electrons. The number of hydrogen-bond donors (Lipinski definition) is 1. The Bertz CT molecular complexity index is 334. The molecule has 0 aliphatic heterocycles. The number of pyridine rings is 1. The lowest BCUT2D eigenvalue weighted by molar-refractivity contribution is -0.140. The molecule has 0 aromatic carbocycles. The zero-order valence-electron chi connectivity index (χ0n) is 7.80. The first-order valence-electron chi connectivity index (χ1n) is 4.24.